The van der Waals surface area contributed by atoms with Gasteiger partial charge >= 0.3 is 11.7 Å². The average molecular weight is 289 g/mol. The Hall–Kier alpha value is -2.64. The third-order valence-corrected chi connectivity index (χ3v) is 3.83. The van der Waals surface area contributed by atoms with E-state index in [1.165, 1.54) is 12.4 Å². The number of hydrogen-bond acceptors (Lipinski definition) is 5. The number of aromatic amines is 1. The molecule has 0 amide bonds. The van der Waals surface area contributed by atoms with Gasteiger partial charge in [0, 0.05) is 12.1 Å². The number of nitrogens with two attached hydrogens (primary N) is 1. The van der Waals surface area contributed by atoms with Crippen molar-refractivity contribution in [3.8, 4) is 0 Å². The minimum Gasteiger partial charge on any atom is -0.478 e. The molecular weight excluding hydrogens is 274 g/mol. The first-order chi connectivity index (χ1) is 10.1. The van der Waals surface area contributed by atoms with E-state index in [1.807, 2.05) is 0 Å². The number of carboxylic acids is 1. The number of nitrogens with zero attached hydrogens (tertiary/aromatic N) is 3. The predicted molar refractivity (Wildman–Crippen MR) is 75.8 cm³/mol. The van der Waals surface area contributed by atoms with Crippen molar-refractivity contribution >= 4 is 23.0 Å². The van der Waals surface area contributed by atoms with Crippen molar-refractivity contribution in [2.24, 2.45) is 0 Å². The summed E-state index contributed by atoms with van der Waals surface area (Å²) in [6, 6.07) is -0.00788. The molecule has 1 saturated carbocycles. The largest absolute Gasteiger partial charge is 0.478 e. The lowest BCUT2D eigenvalue weighted by atomic mass is 9.90. The molecule has 8 nitrogen and oxygen atoms in total. The van der Waals surface area contributed by atoms with Gasteiger partial charge < -0.3 is 15.8 Å². The number of rotatable bonds is 2. The number of nitrogen functional groups attached to an aromatic ring is 1. The second-order valence-corrected chi connectivity index (χ2v) is 5.13. The number of fused-ring (bicyclic) bond motifs is 1. The zero-order valence-corrected chi connectivity index (χ0v) is 11.2. The van der Waals surface area contributed by atoms with Gasteiger partial charge in [-0.3, -0.25) is 4.57 Å². The van der Waals surface area contributed by atoms with Gasteiger partial charge in [-0.1, -0.05) is 5.57 Å². The molecule has 1 fully saturated rings. The summed E-state index contributed by atoms with van der Waals surface area (Å²) in [6.45, 7) is 0. The molecule has 0 radical (unpaired) electrons. The van der Waals surface area contributed by atoms with E-state index < -0.39 is 5.97 Å². The van der Waals surface area contributed by atoms with Crippen molar-refractivity contribution in [1.82, 2.24) is 19.5 Å². The highest BCUT2D eigenvalue weighted by Crippen LogP contribution is 2.32. The molecule has 8 heteroatoms. The minimum atomic E-state index is -0.923. The van der Waals surface area contributed by atoms with Crippen molar-refractivity contribution in [1.29, 1.82) is 0 Å². The predicted octanol–water partition coefficient (Wildman–Crippen LogP) is 0.828. The quantitative estimate of drug-likeness (QED) is 0.703. The fourth-order valence-electron chi connectivity index (χ4n) is 2.84. The molecule has 2 aromatic heterocycles. The van der Waals surface area contributed by atoms with Crippen LogP contribution >= 0.6 is 0 Å². The summed E-state index contributed by atoms with van der Waals surface area (Å²) in [5.74, 6) is -0.675. The first-order valence-electron chi connectivity index (χ1n) is 6.69. The van der Waals surface area contributed by atoms with Gasteiger partial charge in [0.25, 0.3) is 0 Å². The molecule has 0 saturated heterocycles. The van der Waals surface area contributed by atoms with E-state index in [9.17, 15) is 9.59 Å². The van der Waals surface area contributed by atoms with Gasteiger partial charge in [-0.05, 0) is 25.7 Å². The topological polar surface area (TPSA) is 127 Å². The van der Waals surface area contributed by atoms with Crippen LogP contribution in [0.5, 0.6) is 0 Å². The fraction of sp³-hybridized carbons (Fsp3) is 0.385. The van der Waals surface area contributed by atoms with Crippen LogP contribution in [0.1, 0.15) is 31.7 Å². The van der Waals surface area contributed by atoms with Crippen LogP contribution in [0.2, 0.25) is 0 Å². The molecule has 21 heavy (non-hydrogen) atoms. The summed E-state index contributed by atoms with van der Waals surface area (Å²) < 4.78 is 1.60. The summed E-state index contributed by atoms with van der Waals surface area (Å²) in [5, 5.41) is 8.76. The molecule has 2 aromatic rings. The summed E-state index contributed by atoms with van der Waals surface area (Å²) in [4.78, 5) is 33.5. The molecule has 110 valence electrons. The number of allylic oxidation sites excluding steroid dienone is 1. The number of nitrogens with one attached hydrogen (secondary N) is 1. The third kappa shape index (κ3) is 2.39. The van der Waals surface area contributed by atoms with Crippen LogP contribution in [0.4, 0.5) is 5.82 Å². The number of H-pyrrole nitrogens is 1. The molecular formula is C13H15N5O3. The van der Waals surface area contributed by atoms with Crippen LogP contribution in [0.3, 0.4) is 0 Å². The third-order valence-electron chi connectivity index (χ3n) is 3.83. The zero-order valence-electron chi connectivity index (χ0n) is 11.2. The van der Waals surface area contributed by atoms with E-state index in [0.29, 0.717) is 36.8 Å². The number of carboxylic acid groups (broad SMARTS) is 1. The van der Waals surface area contributed by atoms with Gasteiger partial charge in [-0.2, -0.15) is 0 Å². The SMILES string of the molecule is Nc1ncnc2c1[nH]c(=O)n2C1CCC(=CC(=O)O)CC1. The molecule has 0 unspecified atom stereocenters. The maximum atomic E-state index is 12.1. The Balaban J connectivity index is 1.93. The van der Waals surface area contributed by atoms with Crippen molar-refractivity contribution < 1.29 is 9.90 Å². The van der Waals surface area contributed by atoms with Crippen LogP contribution in [-0.2, 0) is 4.79 Å². The van der Waals surface area contributed by atoms with Crippen LogP contribution in [0.25, 0.3) is 11.2 Å². The van der Waals surface area contributed by atoms with Crippen LogP contribution < -0.4 is 11.4 Å². The monoisotopic (exact) mass is 289 g/mol. The van der Waals surface area contributed by atoms with E-state index in [-0.39, 0.29) is 17.5 Å². The zero-order chi connectivity index (χ0) is 15.0. The Kier molecular flexibility index (Phi) is 3.20. The summed E-state index contributed by atoms with van der Waals surface area (Å²) >= 11 is 0. The number of aromatic nitrogens is 4. The summed E-state index contributed by atoms with van der Waals surface area (Å²) in [5.41, 5.74) is 7.34. The van der Waals surface area contributed by atoms with Crippen molar-refractivity contribution in [2.45, 2.75) is 31.7 Å². The molecule has 1 aliphatic carbocycles. The Morgan fingerprint density at radius 2 is 2.14 bits per heavy atom. The van der Waals surface area contributed by atoms with Crippen LogP contribution in [0.15, 0.2) is 22.8 Å². The molecule has 1 aliphatic rings. The Bertz CT molecular complexity index is 779. The van der Waals surface area contributed by atoms with Gasteiger partial charge in [0.2, 0.25) is 0 Å². The van der Waals surface area contributed by atoms with E-state index in [2.05, 4.69) is 15.0 Å². The Morgan fingerprint density at radius 1 is 1.43 bits per heavy atom. The van der Waals surface area contributed by atoms with Crippen molar-refractivity contribution in [3.05, 3.63) is 28.5 Å². The van der Waals surface area contributed by atoms with Crippen molar-refractivity contribution in [2.75, 3.05) is 5.73 Å². The average Bonchev–Trinajstić information content (AvgIpc) is 2.77. The minimum absolute atomic E-state index is 0.00788. The second-order valence-electron chi connectivity index (χ2n) is 5.13. The van der Waals surface area contributed by atoms with Gasteiger partial charge in [-0.15, -0.1) is 0 Å². The first-order valence-corrected chi connectivity index (χ1v) is 6.69. The van der Waals surface area contributed by atoms with Crippen LogP contribution in [0, 0.1) is 0 Å². The first kappa shape index (κ1) is 13.3. The standard InChI is InChI=1S/C13H15N5O3/c14-11-10-12(16-6-15-11)18(13(21)17-10)8-3-1-7(2-4-8)5-9(19)20/h5-6,8H,1-4H2,(H,17,21)(H,19,20)(H2,14,15,16). The lowest BCUT2D eigenvalue weighted by Crippen LogP contribution is -2.24. The number of anilines is 1. The number of aliphatic carboxylic acids is 1. The highest BCUT2D eigenvalue weighted by molar-refractivity contribution is 5.81. The van der Waals surface area contributed by atoms with E-state index in [1.54, 1.807) is 4.57 Å². The highest BCUT2D eigenvalue weighted by Gasteiger charge is 2.23. The molecule has 0 aromatic carbocycles. The van der Waals surface area contributed by atoms with E-state index in [4.69, 9.17) is 10.8 Å². The molecule has 3 rings (SSSR count). The molecule has 4 N–H and O–H groups in total. The molecule has 0 spiro atoms. The van der Waals surface area contributed by atoms with Crippen molar-refractivity contribution in [3.63, 3.8) is 0 Å². The number of hydrogen-bond donors (Lipinski definition) is 3. The van der Waals surface area contributed by atoms with Gasteiger partial charge in [-0.25, -0.2) is 19.6 Å². The number of carbonyl (C=O) groups is 1. The molecule has 0 aliphatic heterocycles. The molecule has 0 atom stereocenters. The summed E-state index contributed by atoms with van der Waals surface area (Å²) in [7, 11) is 0. The van der Waals surface area contributed by atoms with E-state index >= 15 is 0 Å². The van der Waals surface area contributed by atoms with E-state index in [0.717, 1.165) is 5.57 Å². The molecule has 0 bridgehead atoms. The maximum absolute atomic E-state index is 12.1. The summed E-state index contributed by atoms with van der Waals surface area (Å²) in [6.07, 6.45) is 5.33. The second kappa shape index (κ2) is 5.04. The number of imidazole rings is 1. The fourth-order valence-corrected chi connectivity index (χ4v) is 2.84. The van der Waals surface area contributed by atoms with Gasteiger partial charge in [0.15, 0.2) is 11.5 Å². The normalized spacial score (nSPS) is 18.9. The smallest absolute Gasteiger partial charge is 0.328 e. The lowest BCUT2D eigenvalue weighted by Gasteiger charge is -2.24. The highest BCUT2D eigenvalue weighted by atomic mass is 16.4. The Labute approximate surface area is 119 Å². The molecule has 2 heterocycles. The van der Waals surface area contributed by atoms with Gasteiger partial charge in [0.05, 0.1) is 0 Å². The van der Waals surface area contributed by atoms with Gasteiger partial charge in [0.1, 0.15) is 11.8 Å². The Morgan fingerprint density at radius 3 is 2.81 bits per heavy atom. The van der Waals surface area contributed by atoms with Crippen LogP contribution in [-0.4, -0.2) is 30.6 Å². The lowest BCUT2D eigenvalue weighted by molar-refractivity contribution is -0.131. The maximum Gasteiger partial charge on any atom is 0.328 e.